The monoisotopic (exact) mass is 363 g/mol. The highest BCUT2D eigenvalue weighted by atomic mass is 32.1. The minimum atomic E-state index is 0.140. The van der Waals surface area contributed by atoms with E-state index in [4.69, 9.17) is 10.5 Å². The van der Waals surface area contributed by atoms with Gasteiger partial charge in [0.05, 0.1) is 0 Å². The molecule has 0 aliphatic heterocycles. The van der Waals surface area contributed by atoms with Crippen molar-refractivity contribution in [1.29, 1.82) is 10.5 Å². The molecule has 0 saturated heterocycles. The van der Waals surface area contributed by atoms with E-state index in [-0.39, 0.29) is 5.57 Å². The predicted molar refractivity (Wildman–Crippen MR) is 108 cm³/mol. The van der Waals surface area contributed by atoms with Crippen molar-refractivity contribution >= 4 is 43.8 Å². The second-order valence-corrected chi connectivity index (χ2v) is 7.69. The Hall–Kier alpha value is -2.60. The van der Waals surface area contributed by atoms with Gasteiger partial charge in [0.2, 0.25) is 0 Å². The number of thiophene rings is 2. The molecule has 0 fully saturated rings. The van der Waals surface area contributed by atoms with E-state index in [1.54, 1.807) is 28.7 Å². The Morgan fingerprint density at radius 1 is 1.00 bits per heavy atom. The van der Waals surface area contributed by atoms with Crippen molar-refractivity contribution in [3.8, 4) is 22.6 Å². The van der Waals surface area contributed by atoms with Crippen LogP contribution < -0.4 is 4.90 Å². The lowest BCUT2D eigenvalue weighted by atomic mass is 10.1. The van der Waals surface area contributed by atoms with Crippen molar-refractivity contribution in [2.75, 3.05) is 18.0 Å². The van der Waals surface area contributed by atoms with Gasteiger partial charge >= 0.3 is 0 Å². The second kappa shape index (κ2) is 7.53. The third-order valence-electron chi connectivity index (χ3n) is 4.03. The first-order valence-electron chi connectivity index (χ1n) is 8.09. The van der Waals surface area contributed by atoms with E-state index in [0.717, 1.165) is 18.0 Å². The van der Waals surface area contributed by atoms with Gasteiger partial charge in [-0.05, 0) is 49.8 Å². The topological polar surface area (TPSA) is 50.8 Å². The maximum atomic E-state index is 8.87. The number of hydrogen-bond acceptors (Lipinski definition) is 5. The van der Waals surface area contributed by atoms with Crippen LogP contribution in [0.4, 0.5) is 5.69 Å². The largest absolute Gasteiger partial charge is 0.372 e. The van der Waals surface area contributed by atoms with E-state index in [9.17, 15) is 0 Å². The molecular formula is C20H17N3S2. The summed E-state index contributed by atoms with van der Waals surface area (Å²) in [5.74, 6) is 0. The molecule has 0 bridgehead atoms. The van der Waals surface area contributed by atoms with Crippen LogP contribution in [0.1, 0.15) is 18.7 Å². The van der Waals surface area contributed by atoms with Gasteiger partial charge in [-0.15, -0.1) is 22.7 Å². The Balaban J connectivity index is 1.88. The van der Waals surface area contributed by atoms with E-state index in [1.807, 2.05) is 18.2 Å². The SMILES string of the molecule is CCN(CC)c1ccc(-c2cc3sc(C=C(C#N)C#N)cc3s2)cc1. The summed E-state index contributed by atoms with van der Waals surface area (Å²) in [4.78, 5) is 4.52. The fourth-order valence-corrected chi connectivity index (χ4v) is 5.08. The van der Waals surface area contributed by atoms with Crippen molar-refractivity contribution in [1.82, 2.24) is 0 Å². The minimum Gasteiger partial charge on any atom is -0.372 e. The Morgan fingerprint density at radius 3 is 2.20 bits per heavy atom. The summed E-state index contributed by atoms with van der Waals surface area (Å²) in [5.41, 5.74) is 2.61. The molecule has 3 nitrogen and oxygen atoms in total. The molecule has 124 valence electrons. The molecule has 0 N–H and O–H groups in total. The Kier molecular flexibility index (Phi) is 5.19. The van der Waals surface area contributed by atoms with Crippen LogP contribution in [0.15, 0.2) is 42.0 Å². The Morgan fingerprint density at radius 2 is 1.64 bits per heavy atom. The summed E-state index contributed by atoms with van der Waals surface area (Å²) in [5, 5.41) is 17.7. The number of hydrogen-bond donors (Lipinski definition) is 0. The van der Waals surface area contributed by atoms with Gasteiger partial charge in [-0.1, -0.05) is 12.1 Å². The number of anilines is 1. The van der Waals surface area contributed by atoms with E-state index in [1.165, 1.54) is 25.5 Å². The number of allylic oxidation sites excluding steroid dienone is 1. The second-order valence-electron chi connectivity index (χ2n) is 5.49. The third kappa shape index (κ3) is 3.58. The zero-order chi connectivity index (χ0) is 17.8. The van der Waals surface area contributed by atoms with E-state index in [0.29, 0.717) is 0 Å². The summed E-state index contributed by atoms with van der Waals surface area (Å²) in [6.07, 6.45) is 1.65. The maximum Gasteiger partial charge on any atom is 0.131 e. The van der Waals surface area contributed by atoms with Crippen molar-refractivity contribution in [3.63, 3.8) is 0 Å². The average molecular weight is 364 g/mol. The van der Waals surface area contributed by atoms with E-state index in [2.05, 4.69) is 49.1 Å². The summed E-state index contributed by atoms with van der Waals surface area (Å²) in [7, 11) is 0. The summed E-state index contributed by atoms with van der Waals surface area (Å²) in [6.45, 7) is 6.35. The maximum absolute atomic E-state index is 8.87. The molecular weight excluding hydrogens is 346 g/mol. The molecule has 3 rings (SSSR count). The van der Waals surface area contributed by atoms with Crippen LogP contribution in [0.2, 0.25) is 0 Å². The van der Waals surface area contributed by atoms with Gasteiger partial charge in [0, 0.05) is 37.9 Å². The molecule has 0 saturated carbocycles. The molecule has 2 heterocycles. The zero-order valence-electron chi connectivity index (χ0n) is 14.1. The van der Waals surface area contributed by atoms with Gasteiger partial charge < -0.3 is 4.90 Å². The van der Waals surface area contributed by atoms with Crippen molar-refractivity contribution in [3.05, 3.63) is 46.8 Å². The molecule has 0 aliphatic carbocycles. The number of nitrogens with zero attached hydrogens (tertiary/aromatic N) is 3. The van der Waals surface area contributed by atoms with Crippen LogP contribution in [0, 0.1) is 22.7 Å². The lowest BCUT2D eigenvalue weighted by molar-refractivity contribution is 0.866. The number of benzene rings is 1. The van der Waals surface area contributed by atoms with E-state index >= 15 is 0 Å². The third-order valence-corrected chi connectivity index (χ3v) is 6.32. The predicted octanol–water partition coefficient (Wildman–Crippen LogP) is 5.91. The number of rotatable bonds is 5. The lowest BCUT2D eigenvalue weighted by Gasteiger charge is -2.21. The first-order valence-corrected chi connectivity index (χ1v) is 9.72. The van der Waals surface area contributed by atoms with Gasteiger partial charge in [0.25, 0.3) is 0 Å². The van der Waals surface area contributed by atoms with Crippen LogP contribution in [0.25, 0.3) is 25.9 Å². The fourth-order valence-electron chi connectivity index (χ4n) is 2.72. The van der Waals surface area contributed by atoms with Crippen molar-refractivity contribution in [2.45, 2.75) is 13.8 Å². The quantitative estimate of drug-likeness (QED) is 0.530. The highest BCUT2D eigenvalue weighted by molar-refractivity contribution is 7.29. The molecule has 3 aromatic rings. The van der Waals surface area contributed by atoms with E-state index < -0.39 is 0 Å². The van der Waals surface area contributed by atoms with Crippen molar-refractivity contribution in [2.24, 2.45) is 0 Å². The number of nitriles is 2. The molecule has 25 heavy (non-hydrogen) atoms. The molecule has 0 radical (unpaired) electrons. The standard InChI is InChI=1S/C20H17N3S2/c1-3-23(4-2)16-7-5-15(6-8-16)18-11-20-19(25-18)10-17(24-20)9-14(12-21)13-22/h5-11H,3-4H2,1-2H3. The van der Waals surface area contributed by atoms with Gasteiger partial charge in [-0.25, -0.2) is 0 Å². The fraction of sp³-hybridized carbons (Fsp3) is 0.200. The van der Waals surface area contributed by atoms with Gasteiger partial charge in [0.15, 0.2) is 0 Å². The highest BCUT2D eigenvalue weighted by Gasteiger charge is 2.09. The molecule has 2 aromatic heterocycles. The van der Waals surface area contributed by atoms with Gasteiger partial charge in [0.1, 0.15) is 17.7 Å². The van der Waals surface area contributed by atoms with Crippen LogP contribution in [-0.2, 0) is 0 Å². The first-order chi connectivity index (χ1) is 12.2. The molecule has 0 amide bonds. The number of fused-ring (bicyclic) bond motifs is 1. The minimum absolute atomic E-state index is 0.140. The molecule has 5 heteroatoms. The van der Waals surface area contributed by atoms with Crippen LogP contribution in [0.5, 0.6) is 0 Å². The van der Waals surface area contributed by atoms with Crippen LogP contribution in [-0.4, -0.2) is 13.1 Å². The molecule has 0 aliphatic rings. The Bertz CT molecular complexity index is 943. The smallest absolute Gasteiger partial charge is 0.131 e. The van der Waals surface area contributed by atoms with Crippen molar-refractivity contribution < 1.29 is 0 Å². The van der Waals surface area contributed by atoms with Crippen LogP contribution >= 0.6 is 22.7 Å². The molecule has 0 unspecified atom stereocenters. The normalized spacial score (nSPS) is 10.2. The summed E-state index contributed by atoms with van der Waals surface area (Å²) in [6, 6.07) is 16.7. The summed E-state index contributed by atoms with van der Waals surface area (Å²) >= 11 is 3.35. The zero-order valence-corrected chi connectivity index (χ0v) is 15.7. The van der Waals surface area contributed by atoms with Gasteiger partial charge in [-0.3, -0.25) is 0 Å². The summed E-state index contributed by atoms with van der Waals surface area (Å²) < 4.78 is 2.38. The molecule has 1 aromatic carbocycles. The Labute approximate surface area is 155 Å². The molecule has 0 atom stereocenters. The first kappa shape index (κ1) is 17.2. The molecule has 0 spiro atoms. The van der Waals surface area contributed by atoms with Gasteiger partial charge in [-0.2, -0.15) is 10.5 Å². The lowest BCUT2D eigenvalue weighted by Crippen LogP contribution is -2.21. The highest BCUT2D eigenvalue weighted by Crippen LogP contribution is 2.39. The average Bonchev–Trinajstić information content (AvgIpc) is 3.20. The van der Waals surface area contributed by atoms with Crippen LogP contribution in [0.3, 0.4) is 0 Å².